The summed E-state index contributed by atoms with van der Waals surface area (Å²) in [6.45, 7) is 11.0. The number of hydrogen-bond acceptors (Lipinski definition) is 5. The number of nitrogens with one attached hydrogen (secondary N) is 1. The van der Waals surface area contributed by atoms with E-state index in [2.05, 4.69) is 32.1 Å². The Balaban J connectivity index is 1.47. The zero-order valence-electron chi connectivity index (χ0n) is 11.0. The maximum Gasteiger partial charge on any atom is 0.140 e. The number of aromatic nitrogens is 3. The highest BCUT2D eigenvalue weighted by molar-refractivity contribution is 4.94. The SMILES string of the molecule is CCn1ncnc1CN1CC(N2CCNCC2)C1. The van der Waals surface area contributed by atoms with Gasteiger partial charge in [-0.25, -0.2) is 9.67 Å². The van der Waals surface area contributed by atoms with Crippen molar-refractivity contribution >= 4 is 0 Å². The lowest BCUT2D eigenvalue weighted by molar-refractivity contribution is 0.0200. The van der Waals surface area contributed by atoms with Crippen LogP contribution < -0.4 is 5.32 Å². The summed E-state index contributed by atoms with van der Waals surface area (Å²) >= 11 is 0. The van der Waals surface area contributed by atoms with E-state index in [4.69, 9.17) is 0 Å². The zero-order chi connectivity index (χ0) is 12.4. The van der Waals surface area contributed by atoms with Crippen molar-refractivity contribution in [2.75, 3.05) is 39.3 Å². The minimum Gasteiger partial charge on any atom is -0.314 e. The summed E-state index contributed by atoms with van der Waals surface area (Å²) in [6, 6.07) is 0.755. The van der Waals surface area contributed by atoms with Crippen molar-refractivity contribution in [3.63, 3.8) is 0 Å². The van der Waals surface area contributed by atoms with Gasteiger partial charge in [0.05, 0.1) is 6.54 Å². The van der Waals surface area contributed by atoms with Gasteiger partial charge in [0, 0.05) is 51.9 Å². The number of likely N-dealkylation sites (tertiary alicyclic amines) is 1. The van der Waals surface area contributed by atoms with E-state index in [-0.39, 0.29) is 0 Å². The van der Waals surface area contributed by atoms with E-state index >= 15 is 0 Å². The van der Waals surface area contributed by atoms with Gasteiger partial charge < -0.3 is 5.32 Å². The van der Waals surface area contributed by atoms with E-state index in [1.165, 1.54) is 26.2 Å². The lowest BCUT2D eigenvalue weighted by Crippen LogP contribution is -2.62. The van der Waals surface area contributed by atoms with Crippen LogP contribution >= 0.6 is 0 Å². The van der Waals surface area contributed by atoms with E-state index in [0.29, 0.717) is 0 Å². The summed E-state index contributed by atoms with van der Waals surface area (Å²) in [4.78, 5) is 9.40. The molecule has 0 atom stereocenters. The summed E-state index contributed by atoms with van der Waals surface area (Å²) in [5.41, 5.74) is 0. The maximum absolute atomic E-state index is 4.33. The molecule has 6 heteroatoms. The van der Waals surface area contributed by atoms with Gasteiger partial charge in [0.15, 0.2) is 0 Å². The topological polar surface area (TPSA) is 49.2 Å². The lowest BCUT2D eigenvalue weighted by Gasteiger charge is -2.46. The predicted molar refractivity (Wildman–Crippen MR) is 69.2 cm³/mol. The first-order valence-electron chi connectivity index (χ1n) is 6.90. The zero-order valence-corrected chi connectivity index (χ0v) is 11.0. The lowest BCUT2D eigenvalue weighted by atomic mass is 10.1. The van der Waals surface area contributed by atoms with Crippen LogP contribution in [0.15, 0.2) is 6.33 Å². The van der Waals surface area contributed by atoms with E-state index in [0.717, 1.165) is 38.0 Å². The molecular weight excluding hydrogens is 228 g/mol. The summed E-state index contributed by atoms with van der Waals surface area (Å²) in [7, 11) is 0. The molecule has 0 spiro atoms. The molecule has 0 amide bonds. The quantitative estimate of drug-likeness (QED) is 0.772. The van der Waals surface area contributed by atoms with Crippen molar-refractivity contribution in [3.8, 4) is 0 Å². The second kappa shape index (κ2) is 5.34. The first-order valence-corrected chi connectivity index (χ1v) is 6.90. The monoisotopic (exact) mass is 250 g/mol. The molecule has 18 heavy (non-hydrogen) atoms. The molecule has 1 N–H and O–H groups in total. The third-order valence-electron chi connectivity index (χ3n) is 3.97. The van der Waals surface area contributed by atoms with Gasteiger partial charge in [-0.05, 0) is 6.92 Å². The Bertz CT molecular complexity index is 378. The van der Waals surface area contributed by atoms with Crippen LogP contribution in [0.5, 0.6) is 0 Å². The van der Waals surface area contributed by atoms with Gasteiger partial charge in [-0.15, -0.1) is 0 Å². The van der Waals surface area contributed by atoms with E-state index in [1.54, 1.807) is 6.33 Å². The standard InChI is InChI=1S/C12H22N6/c1-2-18-12(14-10-15-18)9-16-7-11(8-16)17-5-3-13-4-6-17/h10-11,13H,2-9H2,1H3. The molecule has 100 valence electrons. The fraction of sp³-hybridized carbons (Fsp3) is 0.833. The van der Waals surface area contributed by atoms with Crippen LogP contribution in [0.4, 0.5) is 0 Å². The van der Waals surface area contributed by atoms with Crippen molar-refractivity contribution in [1.82, 2.24) is 29.9 Å². The average Bonchev–Trinajstić information content (AvgIpc) is 2.81. The fourth-order valence-corrected chi connectivity index (χ4v) is 2.82. The Hall–Kier alpha value is -0.980. The summed E-state index contributed by atoms with van der Waals surface area (Å²) in [6.07, 6.45) is 1.66. The van der Waals surface area contributed by atoms with Crippen LogP contribution in [0.1, 0.15) is 12.7 Å². The van der Waals surface area contributed by atoms with Gasteiger partial charge in [0.25, 0.3) is 0 Å². The number of rotatable bonds is 4. The van der Waals surface area contributed by atoms with Gasteiger partial charge in [0.1, 0.15) is 12.2 Å². The maximum atomic E-state index is 4.33. The highest BCUT2D eigenvalue weighted by Gasteiger charge is 2.32. The molecular formula is C12H22N6. The van der Waals surface area contributed by atoms with Crippen molar-refractivity contribution in [1.29, 1.82) is 0 Å². The first-order chi connectivity index (χ1) is 8.86. The molecule has 6 nitrogen and oxygen atoms in total. The molecule has 1 aromatic heterocycles. The second-order valence-electron chi connectivity index (χ2n) is 5.13. The van der Waals surface area contributed by atoms with Gasteiger partial charge in [-0.2, -0.15) is 5.10 Å². The van der Waals surface area contributed by atoms with Crippen molar-refractivity contribution < 1.29 is 0 Å². The van der Waals surface area contributed by atoms with E-state index < -0.39 is 0 Å². The number of piperazine rings is 1. The van der Waals surface area contributed by atoms with Crippen LogP contribution in [-0.4, -0.2) is 69.9 Å². The highest BCUT2D eigenvalue weighted by Crippen LogP contribution is 2.17. The number of hydrogen-bond donors (Lipinski definition) is 1. The summed E-state index contributed by atoms with van der Waals surface area (Å²) in [5, 5.41) is 7.62. The first kappa shape index (κ1) is 12.1. The Kier molecular flexibility index (Phi) is 3.58. The van der Waals surface area contributed by atoms with Crippen LogP contribution in [0.3, 0.4) is 0 Å². The van der Waals surface area contributed by atoms with Crippen LogP contribution in [0.25, 0.3) is 0 Å². The molecule has 2 aliphatic heterocycles. The Morgan fingerprint density at radius 1 is 1.33 bits per heavy atom. The average molecular weight is 250 g/mol. The molecule has 2 saturated heterocycles. The molecule has 2 aliphatic rings. The number of aryl methyl sites for hydroxylation is 1. The second-order valence-corrected chi connectivity index (χ2v) is 5.13. The van der Waals surface area contributed by atoms with Crippen molar-refractivity contribution in [2.24, 2.45) is 0 Å². The summed E-state index contributed by atoms with van der Waals surface area (Å²) in [5.74, 6) is 1.09. The molecule has 3 rings (SSSR count). The molecule has 2 fully saturated rings. The minimum absolute atomic E-state index is 0.755. The van der Waals surface area contributed by atoms with Gasteiger partial charge in [-0.3, -0.25) is 9.80 Å². The van der Waals surface area contributed by atoms with E-state index in [1.807, 2.05) is 4.68 Å². The van der Waals surface area contributed by atoms with Crippen LogP contribution in [0, 0.1) is 0 Å². The third kappa shape index (κ3) is 2.41. The predicted octanol–water partition coefficient (Wildman–Crippen LogP) is -0.613. The largest absolute Gasteiger partial charge is 0.314 e. The van der Waals surface area contributed by atoms with Crippen LogP contribution in [0.2, 0.25) is 0 Å². The molecule has 1 aromatic rings. The smallest absolute Gasteiger partial charge is 0.140 e. The van der Waals surface area contributed by atoms with Gasteiger partial charge in [0.2, 0.25) is 0 Å². The van der Waals surface area contributed by atoms with Crippen LogP contribution in [-0.2, 0) is 13.1 Å². The molecule has 3 heterocycles. The van der Waals surface area contributed by atoms with E-state index in [9.17, 15) is 0 Å². The van der Waals surface area contributed by atoms with Gasteiger partial charge in [-0.1, -0.05) is 0 Å². The molecule has 0 unspecified atom stereocenters. The summed E-state index contributed by atoms with van der Waals surface area (Å²) < 4.78 is 1.98. The Morgan fingerprint density at radius 3 is 2.83 bits per heavy atom. The molecule has 0 saturated carbocycles. The molecule has 0 bridgehead atoms. The minimum atomic E-state index is 0.755. The molecule has 0 radical (unpaired) electrons. The molecule has 0 aliphatic carbocycles. The highest BCUT2D eigenvalue weighted by atomic mass is 15.4. The number of nitrogens with zero attached hydrogens (tertiary/aromatic N) is 5. The normalized spacial score (nSPS) is 23.2. The van der Waals surface area contributed by atoms with Crippen molar-refractivity contribution in [2.45, 2.75) is 26.1 Å². The third-order valence-corrected chi connectivity index (χ3v) is 3.97. The Labute approximate surface area is 108 Å². The van der Waals surface area contributed by atoms with Crippen molar-refractivity contribution in [3.05, 3.63) is 12.2 Å². The Morgan fingerprint density at radius 2 is 2.11 bits per heavy atom. The van der Waals surface area contributed by atoms with Gasteiger partial charge >= 0.3 is 0 Å². The molecule has 0 aromatic carbocycles. The fourth-order valence-electron chi connectivity index (χ4n) is 2.82.